The van der Waals surface area contributed by atoms with Gasteiger partial charge in [-0.25, -0.2) is 0 Å². The van der Waals surface area contributed by atoms with Crippen LogP contribution in [0.25, 0.3) is 0 Å². The number of nitrogen functional groups attached to an aromatic ring is 1. The summed E-state index contributed by atoms with van der Waals surface area (Å²) in [6.45, 7) is 5.43. The highest BCUT2D eigenvalue weighted by Crippen LogP contribution is 2.18. The Kier molecular flexibility index (Phi) is 3.00. The van der Waals surface area contributed by atoms with E-state index in [1.54, 1.807) is 12.1 Å². The average molecular weight is 181 g/mol. The zero-order chi connectivity index (χ0) is 10.6. The first-order valence-corrected chi connectivity index (χ1v) is 4.18. The largest absolute Gasteiger partial charge is 0.398 e. The second-order valence-corrected chi connectivity index (χ2v) is 2.87. The minimum atomic E-state index is 0.650. The first kappa shape index (κ1) is 9.96. The molecule has 0 fully saturated rings. The molecule has 0 spiro atoms. The van der Waals surface area contributed by atoms with Gasteiger partial charge in [-0.15, -0.1) is 6.42 Å². The molecular weight excluding hydrogens is 170 g/mol. The third kappa shape index (κ3) is 1.97. The van der Waals surface area contributed by atoms with E-state index in [-0.39, 0.29) is 0 Å². The Morgan fingerprint density at radius 1 is 1.50 bits per heavy atom. The normalized spacial score (nSPS) is 8.29. The first-order valence-electron chi connectivity index (χ1n) is 4.18. The first-order chi connectivity index (χ1) is 6.69. The van der Waals surface area contributed by atoms with Gasteiger partial charge in [0.25, 0.3) is 0 Å². The summed E-state index contributed by atoms with van der Waals surface area (Å²) >= 11 is 0. The number of aryl methyl sites for hydroxylation is 1. The second kappa shape index (κ2) is 4.21. The van der Waals surface area contributed by atoms with Crippen LogP contribution < -0.4 is 5.73 Å². The van der Waals surface area contributed by atoms with E-state index in [0.29, 0.717) is 11.3 Å². The molecule has 0 aromatic heterocycles. The molecule has 0 aliphatic rings. The molecule has 0 heterocycles. The number of allylic oxidation sites excluding steroid dienone is 1. The van der Waals surface area contributed by atoms with Crippen LogP contribution in [0.2, 0.25) is 0 Å². The smallest absolute Gasteiger partial charge is 0.0503 e. The topological polar surface area (TPSA) is 26.0 Å². The highest BCUT2D eigenvalue weighted by molar-refractivity contribution is 5.63. The molecule has 1 nitrogen and oxygen atoms in total. The third-order valence-corrected chi connectivity index (χ3v) is 1.86. The van der Waals surface area contributed by atoms with Crippen molar-refractivity contribution in [3.8, 4) is 24.2 Å². The number of anilines is 1. The van der Waals surface area contributed by atoms with E-state index in [4.69, 9.17) is 12.2 Å². The summed E-state index contributed by atoms with van der Waals surface area (Å²) in [7, 11) is 0. The maximum absolute atomic E-state index is 5.78. The molecule has 2 N–H and O–H groups in total. The maximum Gasteiger partial charge on any atom is 0.0503 e. The number of benzene rings is 1. The van der Waals surface area contributed by atoms with Gasteiger partial charge in [0.2, 0.25) is 0 Å². The Labute approximate surface area is 84.6 Å². The van der Waals surface area contributed by atoms with Gasteiger partial charge >= 0.3 is 0 Å². The van der Waals surface area contributed by atoms with Crippen molar-refractivity contribution in [2.45, 2.75) is 6.92 Å². The van der Waals surface area contributed by atoms with Gasteiger partial charge in [-0.3, -0.25) is 0 Å². The maximum atomic E-state index is 5.78. The van der Waals surface area contributed by atoms with Crippen LogP contribution in [-0.2, 0) is 0 Å². The van der Waals surface area contributed by atoms with Gasteiger partial charge in [-0.05, 0) is 30.7 Å². The van der Waals surface area contributed by atoms with Crippen LogP contribution in [-0.4, -0.2) is 0 Å². The summed E-state index contributed by atoms with van der Waals surface area (Å²) in [5.74, 6) is 8.22. The molecular formula is C13H11N. The number of hydrogen-bond donors (Lipinski definition) is 1. The summed E-state index contributed by atoms with van der Waals surface area (Å²) in [4.78, 5) is 0. The van der Waals surface area contributed by atoms with Crippen molar-refractivity contribution in [2.75, 3.05) is 5.73 Å². The van der Waals surface area contributed by atoms with Gasteiger partial charge < -0.3 is 5.73 Å². The zero-order valence-electron chi connectivity index (χ0n) is 8.09. The van der Waals surface area contributed by atoms with Gasteiger partial charge in [-0.1, -0.05) is 24.3 Å². The lowest BCUT2D eigenvalue weighted by molar-refractivity contribution is 1.44. The van der Waals surface area contributed by atoms with Crippen molar-refractivity contribution in [3.63, 3.8) is 0 Å². The van der Waals surface area contributed by atoms with Gasteiger partial charge in [0, 0.05) is 11.1 Å². The molecule has 0 amide bonds. The van der Waals surface area contributed by atoms with Crippen LogP contribution in [0.3, 0.4) is 0 Å². The van der Waals surface area contributed by atoms with Gasteiger partial charge in [-0.2, -0.15) is 0 Å². The molecule has 0 aliphatic carbocycles. The second-order valence-electron chi connectivity index (χ2n) is 2.87. The Hall–Kier alpha value is -2.12. The van der Waals surface area contributed by atoms with Crippen LogP contribution in [0.5, 0.6) is 0 Å². The minimum Gasteiger partial charge on any atom is -0.398 e. The van der Waals surface area contributed by atoms with Crippen LogP contribution >= 0.6 is 0 Å². The molecule has 1 aromatic rings. The molecule has 14 heavy (non-hydrogen) atoms. The number of hydrogen-bond acceptors (Lipinski definition) is 1. The lowest BCUT2D eigenvalue weighted by Gasteiger charge is -2.03. The van der Waals surface area contributed by atoms with Crippen molar-refractivity contribution in [1.82, 2.24) is 0 Å². The lowest BCUT2D eigenvalue weighted by atomic mass is 10.0. The quantitative estimate of drug-likeness (QED) is 0.481. The lowest BCUT2D eigenvalue weighted by Crippen LogP contribution is -1.95. The van der Waals surface area contributed by atoms with Crippen LogP contribution in [0.15, 0.2) is 24.8 Å². The Bertz CT molecular complexity index is 464. The van der Waals surface area contributed by atoms with Gasteiger partial charge in [0.15, 0.2) is 0 Å². The van der Waals surface area contributed by atoms with Crippen LogP contribution in [0.4, 0.5) is 5.69 Å². The number of nitrogens with two attached hydrogens (primary N) is 1. The third-order valence-electron chi connectivity index (χ3n) is 1.86. The molecule has 68 valence electrons. The van der Waals surface area contributed by atoms with E-state index < -0.39 is 0 Å². The molecule has 0 bridgehead atoms. The predicted octanol–water partition coefficient (Wildman–Crippen LogP) is 2.10. The van der Waals surface area contributed by atoms with Crippen molar-refractivity contribution in [3.05, 3.63) is 41.5 Å². The fraction of sp³-hybridized carbons (Fsp3) is 0.0769. The molecule has 0 radical (unpaired) electrons. The van der Waals surface area contributed by atoms with Crippen LogP contribution in [0.1, 0.15) is 16.7 Å². The van der Waals surface area contributed by atoms with Crippen molar-refractivity contribution < 1.29 is 0 Å². The summed E-state index contributed by atoms with van der Waals surface area (Å²) in [5, 5.41) is 0. The zero-order valence-corrected chi connectivity index (χ0v) is 8.09. The molecule has 0 atom stereocenters. The number of rotatable bonds is 0. The molecule has 0 saturated heterocycles. The van der Waals surface area contributed by atoms with E-state index >= 15 is 0 Å². The Morgan fingerprint density at radius 2 is 2.21 bits per heavy atom. The fourth-order valence-electron chi connectivity index (χ4n) is 1.12. The van der Waals surface area contributed by atoms with E-state index in [2.05, 4.69) is 24.3 Å². The minimum absolute atomic E-state index is 0.650. The Balaban J connectivity index is 3.31. The van der Waals surface area contributed by atoms with Crippen LogP contribution in [0, 0.1) is 31.1 Å². The number of terminal acetylenes is 1. The standard InChI is InChI=1S/C13H11N/c1-4-6-7-11-8-10(3)13(14)12(5-2)9-11/h2,4,8-9H,1,14H2,3H3. The van der Waals surface area contributed by atoms with E-state index in [9.17, 15) is 0 Å². The molecule has 1 rings (SSSR count). The van der Waals surface area contributed by atoms with E-state index in [0.717, 1.165) is 11.1 Å². The van der Waals surface area contributed by atoms with Gasteiger partial charge in [0.05, 0.1) is 5.69 Å². The molecule has 0 saturated carbocycles. The van der Waals surface area contributed by atoms with E-state index in [1.165, 1.54) is 0 Å². The van der Waals surface area contributed by atoms with Crippen molar-refractivity contribution >= 4 is 5.69 Å². The highest BCUT2D eigenvalue weighted by atomic mass is 14.6. The summed E-state index contributed by atoms with van der Waals surface area (Å²) in [6.07, 6.45) is 6.86. The molecule has 0 unspecified atom stereocenters. The molecule has 0 aliphatic heterocycles. The van der Waals surface area contributed by atoms with Gasteiger partial charge in [0.1, 0.15) is 0 Å². The fourth-order valence-corrected chi connectivity index (χ4v) is 1.12. The molecule has 1 heteroatoms. The highest BCUT2D eigenvalue weighted by Gasteiger charge is 2.01. The SMILES string of the molecule is C#Cc1cc(C#CC=C)cc(C)c1N. The summed E-state index contributed by atoms with van der Waals surface area (Å²) < 4.78 is 0. The molecule has 1 aromatic carbocycles. The summed E-state index contributed by atoms with van der Waals surface area (Å²) in [5.41, 5.74) is 8.94. The Morgan fingerprint density at radius 3 is 2.79 bits per heavy atom. The monoisotopic (exact) mass is 181 g/mol. The van der Waals surface area contributed by atoms with Crippen molar-refractivity contribution in [2.24, 2.45) is 0 Å². The predicted molar refractivity (Wildman–Crippen MR) is 60.6 cm³/mol. The average Bonchev–Trinajstić information content (AvgIpc) is 2.19. The summed E-state index contributed by atoms with van der Waals surface area (Å²) in [6, 6.07) is 3.71. The van der Waals surface area contributed by atoms with Crippen molar-refractivity contribution in [1.29, 1.82) is 0 Å². The van der Waals surface area contributed by atoms with E-state index in [1.807, 2.05) is 13.0 Å².